The molecular weight excluding hydrogens is 440 g/mol. The molecule has 2 aromatic carbocycles. The van der Waals surface area contributed by atoms with Crippen LogP contribution in [0.3, 0.4) is 0 Å². The minimum Gasteiger partial charge on any atom is -0.496 e. The highest BCUT2D eigenvalue weighted by Gasteiger charge is 2.18. The second kappa shape index (κ2) is 9.48. The summed E-state index contributed by atoms with van der Waals surface area (Å²) in [5.74, 6) is 1.25. The Morgan fingerprint density at radius 1 is 1.25 bits per heavy atom. The minimum absolute atomic E-state index is 0.224. The van der Waals surface area contributed by atoms with Gasteiger partial charge in [-0.3, -0.25) is 4.79 Å². The Labute approximate surface area is 179 Å². The number of hydrogen-bond acceptors (Lipinski definition) is 3. The molecular formula is C22H24BrClN2O2. The van der Waals surface area contributed by atoms with Crippen molar-refractivity contribution in [1.82, 2.24) is 0 Å². The third-order valence-corrected chi connectivity index (χ3v) is 5.74. The fourth-order valence-corrected chi connectivity index (χ4v) is 3.95. The summed E-state index contributed by atoms with van der Waals surface area (Å²) >= 11 is 9.91. The van der Waals surface area contributed by atoms with E-state index < -0.39 is 0 Å². The Balaban J connectivity index is 1.66. The first kappa shape index (κ1) is 20.7. The first-order valence-electron chi connectivity index (χ1n) is 9.33. The van der Waals surface area contributed by atoms with Crippen molar-refractivity contribution in [2.75, 3.05) is 30.4 Å². The second-order valence-corrected chi connectivity index (χ2v) is 8.37. The van der Waals surface area contributed by atoms with E-state index in [0.29, 0.717) is 16.5 Å². The first-order chi connectivity index (χ1) is 13.5. The maximum Gasteiger partial charge on any atom is 0.248 e. The molecule has 4 nitrogen and oxygen atoms in total. The number of benzene rings is 2. The van der Waals surface area contributed by atoms with Crippen molar-refractivity contribution in [1.29, 1.82) is 0 Å². The van der Waals surface area contributed by atoms with Gasteiger partial charge in [0.25, 0.3) is 0 Å². The van der Waals surface area contributed by atoms with Crippen LogP contribution in [0.15, 0.2) is 46.9 Å². The number of carbonyl (C=O) groups is 1. The summed E-state index contributed by atoms with van der Waals surface area (Å²) in [6, 6.07) is 11.3. The van der Waals surface area contributed by atoms with Gasteiger partial charge in [-0.1, -0.05) is 34.5 Å². The molecule has 28 heavy (non-hydrogen) atoms. The molecule has 1 aliphatic heterocycles. The number of nitrogens with one attached hydrogen (secondary N) is 1. The maximum atomic E-state index is 12.3. The van der Waals surface area contributed by atoms with Gasteiger partial charge in [0.2, 0.25) is 5.91 Å². The molecule has 3 rings (SSSR count). The monoisotopic (exact) mass is 462 g/mol. The van der Waals surface area contributed by atoms with Crippen molar-refractivity contribution >= 4 is 50.9 Å². The van der Waals surface area contributed by atoms with Crippen molar-refractivity contribution in [2.45, 2.75) is 19.8 Å². The van der Waals surface area contributed by atoms with E-state index in [0.717, 1.165) is 34.7 Å². The summed E-state index contributed by atoms with van der Waals surface area (Å²) < 4.78 is 6.24. The zero-order valence-electron chi connectivity index (χ0n) is 16.0. The Hall–Kier alpha value is -1.98. The molecule has 1 saturated heterocycles. The lowest BCUT2D eigenvalue weighted by atomic mass is 9.99. The summed E-state index contributed by atoms with van der Waals surface area (Å²) in [5.41, 5.74) is 2.52. The van der Waals surface area contributed by atoms with E-state index in [2.05, 4.69) is 33.1 Å². The van der Waals surface area contributed by atoms with Gasteiger partial charge in [0.1, 0.15) is 5.75 Å². The highest BCUT2D eigenvalue weighted by atomic mass is 79.9. The van der Waals surface area contributed by atoms with Gasteiger partial charge in [0, 0.05) is 34.9 Å². The molecule has 1 N–H and O–H groups in total. The molecule has 0 atom stereocenters. The van der Waals surface area contributed by atoms with Gasteiger partial charge in [-0.2, -0.15) is 0 Å². The molecule has 1 fully saturated rings. The molecule has 6 heteroatoms. The van der Waals surface area contributed by atoms with Crippen molar-refractivity contribution in [2.24, 2.45) is 5.92 Å². The number of anilines is 2. The number of amides is 1. The highest BCUT2D eigenvalue weighted by molar-refractivity contribution is 9.10. The fraction of sp³-hybridized carbons (Fsp3) is 0.318. The van der Waals surface area contributed by atoms with E-state index >= 15 is 0 Å². The van der Waals surface area contributed by atoms with E-state index in [1.165, 1.54) is 18.9 Å². The van der Waals surface area contributed by atoms with Crippen molar-refractivity contribution < 1.29 is 9.53 Å². The van der Waals surface area contributed by atoms with Crippen LogP contribution in [-0.2, 0) is 4.79 Å². The maximum absolute atomic E-state index is 12.3. The molecule has 0 unspecified atom stereocenters. The van der Waals surface area contributed by atoms with E-state index in [1.807, 2.05) is 30.3 Å². The van der Waals surface area contributed by atoms with E-state index in [4.69, 9.17) is 16.3 Å². The minimum atomic E-state index is -0.224. The van der Waals surface area contributed by atoms with Crippen LogP contribution in [-0.4, -0.2) is 26.1 Å². The lowest BCUT2D eigenvalue weighted by Crippen LogP contribution is -2.32. The zero-order chi connectivity index (χ0) is 20.1. The molecule has 148 valence electrons. The van der Waals surface area contributed by atoms with Crippen LogP contribution in [0, 0.1) is 5.92 Å². The quantitative estimate of drug-likeness (QED) is 0.553. The smallest absolute Gasteiger partial charge is 0.248 e. The highest BCUT2D eigenvalue weighted by Crippen LogP contribution is 2.32. The zero-order valence-corrected chi connectivity index (χ0v) is 18.4. The Morgan fingerprint density at radius 2 is 2.00 bits per heavy atom. The average molecular weight is 464 g/mol. The molecule has 1 aliphatic rings. The Bertz CT molecular complexity index is 877. The molecule has 0 aliphatic carbocycles. The molecule has 0 bridgehead atoms. The third kappa shape index (κ3) is 5.30. The van der Waals surface area contributed by atoms with Crippen LogP contribution >= 0.6 is 27.5 Å². The lowest BCUT2D eigenvalue weighted by Gasteiger charge is -2.32. The van der Waals surface area contributed by atoms with Gasteiger partial charge < -0.3 is 15.0 Å². The van der Waals surface area contributed by atoms with Gasteiger partial charge >= 0.3 is 0 Å². The average Bonchev–Trinajstić information content (AvgIpc) is 2.67. The van der Waals surface area contributed by atoms with Gasteiger partial charge in [0.15, 0.2) is 0 Å². The molecule has 0 saturated carbocycles. The number of hydrogen-bond donors (Lipinski definition) is 1. The van der Waals surface area contributed by atoms with E-state index in [-0.39, 0.29) is 5.91 Å². The van der Waals surface area contributed by atoms with E-state index in [9.17, 15) is 4.79 Å². The van der Waals surface area contributed by atoms with Crippen molar-refractivity contribution in [3.63, 3.8) is 0 Å². The van der Waals surface area contributed by atoms with Crippen molar-refractivity contribution in [3.05, 3.63) is 57.5 Å². The van der Waals surface area contributed by atoms with Crippen LogP contribution in [0.5, 0.6) is 5.75 Å². The number of rotatable bonds is 5. The third-order valence-electron chi connectivity index (χ3n) is 4.95. The summed E-state index contributed by atoms with van der Waals surface area (Å²) in [4.78, 5) is 14.6. The molecule has 0 spiro atoms. The topological polar surface area (TPSA) is 41.6 Å². The summed E-state index contributed by atoms with van der Waals surface area (Å²) in [5, 5.41) is 3.52. The normalized spacial score (nSPS) is 15.1. The van der Waals surface area contributed by atoms with Crippen LogP contribution in [0.1, 0.15) is 25.3 Å². The van der Waals surface area contributed by atoms with Crippen LogP contribution in [0.25, 0.3) is 6.08 Å². The van der Waals surface area contributed by atoms with Gasteiger partial charge in [0.05, 0.1) is 17.8 Å². The molecule has 0 aromatic heterocycles. The number of nitrogens with zero attached hydrogens (tertiary/aromatic N) is 1. The number of carbonyl (C=O) groups excluding carboxylic acids is 1. The predicted octanol–water partition coefficient (Wildman–Crippen LogP) is 6.00. The Morgan fingerprint density at radius 3 is 2.68 bits per heavy atom. The molecule has 1 amide bonds. The largest absolute Gasteiger partial charge is 0.496 e. The van der Waals surface area contributed by atoms with Crippen LogP contribution in [0.4, 0.5) is 11.4 Å². The second-order valence-electron chi connectivity index (χ2n) is 7.04. The summed E-state index contributed by atoms with van der Waals surface area (Å²) in [6.07, 6.45) is 5.57. The van der Waals surface area contributed by atoms with Gasteiger partial charge in [-0.25, -0.2) is 0 Å². The number of piperidine rings is 1. The van der Waals surface area contributed by atoms with Gasteiger partial charge in [-0.15, -0.1) is 0 Å². The number of ether oxygens (including phenoxy) is 1. The van der Waals surface area contributed by atoms with E-state index in [1.54, 1.807) is 19.3 Å². The van der Waals surface area contributed by atoms with Crippen LogP contribution < -0.4 is 15.0 Å². The number of methoxy groups -OCH3 is 1. The Kier molecular flexibility index (Phi) is 7.03. The fourth-order valence-electron chi connectivity index (χ4n) is 3.28. The predicted molar refractivity (Wildman–Crippen MR) is 120 cm³/mol. The van der Waals surface area contributed by atoms with Crippen LogP contribution in [0.2, 0.25) is 5.02 Å². The van der Waals surface area contributed by atoms with Crippen molar-refractivity contribution in [3.8, 4) is 5.75 Å². The number of halogens is 2. The van der Waals surface area contributed by atoms with Gasteiger partial charge in [-0.05, 0) is 61.2 Å². The summed E-state index contributed by atoms with van der Waals surface area (Å²) in [7, 11) is 1.60. The molecule has 1 heterocycles. The lowest BCUT2D eigenvalue weighted by molar-refractivity contribution is -0.111. The molecule has 2 aromatic rings. The summed E-state index contributed by atoms with van der Waals surface area (Å²) in [6.45, 7) is 4.32. The standard InChI is InChI=1S/C22H24BrClN2O2/c1-15-9-11-26(12-10-15)20-6-5-18(14-19(20)24)25-22(27)8-3-16-13-17(23)4-7-21(16)28-2/h3-8,13-15H,9-12H2,1-2H3,(H,25,27)/b8-3+. The molecule has 0 radical (unpaired) electrons. The first-order valence-corrected chi connectivity index (χ1v) is 10.5. The SMILES string of the molecule is COc1ccc(Br)cc1/C=C/C(=O)Nc1ccc(N2CCC(C)CC2)c(Cl)c1.